The van der Waals surface area contributed by atoms with E-state index in [4.69, 9.17) is 10.8 Å². The van der Waals surface area contributed by atoms with E-state index in [9.17, 15) is 4.79 Å². The molecule has 1 unspecified atom stereocenters. The standard InChI is InChI=1S/C10H17N3O2/c1-6(2)9(5-14)13-10(15)8-3-7(11)4-12-8/h3-4,6,9,12,14H,5,11H2,1-2H3,(H,13,15). The van der Waals surface area contributed by atoms with Gasteiger partial charge in [0.2, 0.25) is 0 Å². The van der Waals surface area contributed by atoms with Crippen LogP contribution >= 0.6 is 0 Å². The van der Waals surface area contributed by atoms with Gasteiger partial charge in [0, 0.05) is 11.9 Å². The van der Waals surface area contributed by atoms with Crippen LogP contribution in [0.3, 0.4) is 0 Å². The SMILES string of the molecule is CC(C)C(CO)NC(=O)c1cc(N)c[nH]1. The van der Waals surface area contributed by atoms with Crippen molar-refractivity contribution in [2.24, 2.45) is 5.92 Å². The van der Waals surface area contributed by atoms with Crippen LogP contribution in [0.4, 0.5) is 5.69 Å². The van der Waals surface area contributed by atoms with Gasteiger partial charge < -0.3 is 21.1 Å². The van der Waals surface area contributed by atoms with Crippen molar-refractivity contribution in [3.8, 4) is 0 Å². The Hall–Kier alpha value is -1.49. The summed E-state index contributed by atoms with van der Waals surface area (Å²) in [6.45, 7) is 3.80. The number of H-pyrrole nitrogens is 1. The summed E-state index contributed by atoms with van der Waals surface area (Å²) in [5, 5.41) is 11.8. The van der Waals surface area contributed by atoms with Gasteiger partial charge in [-0.05, 0) is 12.0 Å². The van der Waals surface area contributed by atoms with Crippen LogP contribution in [0.15, 0.2) is 12.3 Å². The van der Waals surface area contributed by atoms with Gasteiger partial charge in [-0.15, -0.1) is 0 Å². The first-order chi connectivity index (χ1) is 7.04. The minimum atomic E-state index is -0.251. The molecule has 0 bridgehead atoms. The summed E-state index contributed by atoms with van der Waals surface area (Å²) in [5.41, 5.74) is 6.41. The molecular weight excluding hydrogens is 194 g/mol. The monoisotopic (exact) mass is 211 g/mol. The molecule has 0 saturated heterocycles. The fourth-order valence-electron chi connectivity index (χ4n) is 1.21. The molecule has 1 heterocycles. The molecule has 1 rings (SSSR count). The van der Waals surface area contributed by atoms with E-state index in [2.05, 4.69) is 10.3 Å². The summed E-state index contributed by atoms with van der Waals surface area (Å²) in [5.74, 6) is -0.0642. The Morgan fingerprint density at radius 3 is 2.73 bits per heavy atom. The number of nitrogen functional groups attached to an aromatic ring is 1. The maximum absolute atomic E-state index is 11.6. The highest BCUT2D eigenvalue weighted by molar-refractivity contribution is 5.93. The first-order valence-electron chi connectivity index (χ1n) is 4.90. The van der Waals surface area contributed by atoms with Crippen LogP contribution in [-0.4, -0.2) is 28.6 Å². The van der Waals surface area contributed by atoms with Crippen molar-refractivity contribution in [3.63, 3.8) is 0 Å². The van der Waals surface area contributed by atoms with E-state index in [1.165, 1.54) is 0 Å². The molecule has 0 saturated carbocycles. The number of aliphatic hydroxyl groups is 1. The summed E-state index contributed by atoms with van der Waals surface area (Å²) in [6, 6.07) is 1.33. The van der Waals surface area contributed by atoms with Crippen LogP contribution in [0, 0.1) is 5.92 Å². The topological polar surface area (TPSA) is 91.1 Å². The Kier molecular flexibility index (Phi) is 3.74. The number of aromatic amines is 1. The van der Waals surface area contributed by atoms with Gasteiger partial charge in [0.25, 0.3) is 5.91 Å². The fourth-order valence-corrected chi connectivity index (χ4v) is 1.21. The number of nitrogens with one attached hydrogen (secondary N) is 2. The van der Waals surface area contributed by atoms with Crippen LogP contribution < -0.4 is 11.1 Å². The lowest BCUT2D eigenvalue weighted by Crippen LogP contribution is -2.41. The van der Waals surface area contributed by atoms with Crippen LogP contribution in [0.5, 0.6) is 0 Å². The Morgan fingerprint density at radius 2 is 2.33 bits per heavy atom. The summed E-state index contributed by atoms with van der Waals surface area (Å²) in [4.78, 5) is 14.4. The number of amides is 1. The lowest BCUT2D eigenvalue weighted by molar-refractivity contribution is 0.0892. The molecule has 0 aliphatic carbocycles. The molecular formula is C10H17N3O2. The van der Waals surface area contributed by atoms with Gasteiger partial charge in [0.05, 0.1) is 12.6 Å². The number of hydrogen-bond acceptors (Lipinski definition) is 3. The zero-order valence-electron chi connectivity index (χ0n) is 8.95. The van der Waals surface area contributed by atoms with Crippen molar-refractivity contribution in [2.75, 3.05) is 12.3 Å². The van der Waals surface area contributed by atoms with Crippen LogP contribution in [-0.2, 0) is 0 Å². The number of carbonyl (C=O) groups is 1. The Labute approximate surface area is 88.7 Å². The molecule has 0 radical (unpaired) electrons. The van der Waals surface area contributed by atoms with Crippen molar-refractivity contribution in [2.45, 2.75) is 19.9 Å². The van der Waals surface area contributed by atoms with E-state index in [-0.39, 0.29) is 24.5 Å². The molecule has 0 fully saturated rings. The molecule has 5 heteroatoms. The van der Waals surface area contributed by atoms with E-state index < -0.39 is 0 Å². The second-order valence-corrected chi connectivity index (χ2v) is 3.85. The first kappa shape index (κ1) is 11.6. The van der Waals surface area contributed by atoms with Crippen LogP contribution in [0.1, 0.15) is 24.3 Å². The molecule has 0 spiro atoms. The zero-order chi connectivity index (χ0) is 11.4. The molecule has 5 nitrogen and oxygen atoms in total. The van der Waals surface area contributed by atoms with Crippen molar-refractivity contribution >= 4 is 11.6 Å². The summed E-state index contributed by atoms with van der Waals surface area (Å²) in [6.07, 6.45) is 1.55. The smallest absolute Gasteiger partial charge is 0.268 e. The molecule has 0 aliphatic rings. The van der Waals surface area contributed by atoms with Gasteiger partial charge in [-0.1, -0.05) is 13.8 Å². The molecule has 0 aliphatic heterocycles. The maximum atomic E-state index is 11.6. The van der Waals surface area contributed by atoms with Gasteiger partial charge in [-0.2, -0.15) is 0 Å². The minimum absolute atomic E-state index is 0.0698. The first-order valence-corrected chi connectivity index (χ1v) is 4.90. The van der Waals surface area contributed by atoms with Crippen molar-refractivity contribution in [1.82, 2.24) is 10.3 Å². The van der Waals surface area contributed by atoms with E-state index >= 15 is 0 Å². The van der Waals surface area contributed by atoms with Crippen molar-refractivity contribution in [1.29, 1.82) is 0 Å². The Morgan fingerprint density at radius 1 is 1.67 bits per heavy atom. The van der Waals surface area contributed by atoms with Gasteiger partial charge in [0.15, 0.2) is 0 Å². The quantitative estimate of drug-likeness (QED) is 0.579. The van der Waals surface area contributed by atoms with Gasteiger partial charge in [-0.25, -0.2) is 0 Å². The minimum Gasteiger partial charge on any atom is -0.397 e. The second kappa shape index (κ2) is 4.84. The number of anilines is 1. The number of carbonyl (C=O) groups excluding carboxylic acids is 1. The van der Waals surface area contributed by atoms with E-state index in [1.54, 1.807) is 12.3 Å². The second-order valence-electron chi connectivity index (χ2n) is 3.85. The van der Waals surface area contributed by atoms with Gasteiger partial charge in [-0.3, -0.25) is 4.79 Å². The highest BCUT2D eigenvalue weighted by Gasteiger charge is 2.16. The summed E-state index contributed by atoms with van der Waals surface area (Å²) >= 11 is 0. The molecule has 84 valence electrons. The molecule has 0 aromatic carbocycles. The Bertz CT molecular complexity index is 333. The third-order valence-corrected chi connectivity index (χ3v) is 2.27. The maximum Gasteiger partial charge on any atom is 0.268 e. The highest BCUT2D eigenvalue weighted by Crippen LogP contribution is 2.06. The van der Waals surface area contributed by atoms with Gasteiger partial charge >= 0.3 is 0 Å². The number of aromatic nitrogens is 1. The molecule has 1 amide bonds. The predicted molar refractivity (Wildman–Crippen MR) is 58.4 cm³/mol. The number of nitrogens with two attached hydrogens (primary N) is 1. The molecule has 1 aromatic heterocycles. The Balaban J connectivity index is 2.62. The van der Waals surface area contributed by atoms with E-state index in [1.807, 2.05) is 13.8 Å². The fraction of sp³-hybridized carbons (Fsp3) is 0.500. The predicted octanol–water partition coefficient (Wildman–Crippen LogP) is 0.344. The summed E-state index contributed by atoms with van der Waals surface area (Å²) < 4.78 is 0. The third kappa shape index (κ3) is 2.99. The largest absolute Gasteiger partial charge is 0.397 e. The lowest BCUT2D eigenvalue weighted by atomic mass is 10.1. The lowest BCUT2D eigenvalue weighted by Gasteiger charge is -2.19. The van der Waals surface area contributed by atoms with Crippen molar-refractivity contribution in [3.05, 3.63) is 18.0 Å². The number of hydrogen-bond donors (Lipinski definition) is 4. The molecule has 15 heavy (non-hydrogen) atoms. The highest BCUT2D eigenvalue weighted by atomic mass is 16.3. The average molecular weight is 211 g/mol. The third-order valence-electron chi connectivity index (χ3n) is 2.27. The summed E-state index contributed by atoms with van der Waals surface area (Å²) in [7, 11) is 0. The van der Waals surface area contributed by atoms with Crippen molar-refractivity contribution < 1.29 is 9.90 Å². The van der Waals surface area contributed by atoms with E-state index in [0.717, 1.165) is 0 Å². The van der Waals surface area contributed by atoms with Gasteiger partial charge in [0.1, 0.15) is 5.69 Å². The number of rotatable bonds is 4. The van der Waals surface area contributed by atoms with E-state index in [0.29, 0.717) is 11.4 Å². The molecule has 1 atom stereocenters. The van der Waals surface area contributed by atoms with Crippen LogP contribution in [0.25, 0.3) is 0 Å². The number of aliphatic hydroxyl groups excluding tert-OH is 1. The van der Waals surface area contributed by atoms with Crippen LogP contribution in [0.2, 0.25) is 0 Å². The average Bonchev–Trinajstić information content (AvgIpc) is 2.60. The molecule has 1 aromatic rings. The zero-order valence-corrected chi connectivity index (χ0v) is 8.95. The normalized spacial score (nSPS) is 12.8. The molecule has 5 N–H and O–H groups in total.